The first-order chi connectivity index (χ1) is 9.08. The van der Waals surface area contributed by atoms with Crippen LogP contribution in [0.3, 0.4) is 0 Å². The minimum Gasteiger partial charge on any atom is -0.373 e. The molecule has 2 rings (SSSR count). The van der Waals surface area contributed by atoms with Gasteiger partial charge >= 0.3 is 0 Å². The van der Waals surface area contributed by atoms with Crippen LogP contribution in [0.2, 0.25) is 0 Å². The van der Waals surface area contributed by atoms with Crippen molar-refractivity contribution in [2.24, 2.45) is 0 Å². The summed E-state index contributed by atoms with van der Waals surface area (Å²) < 4.78 is 0. The van der Waals surface area contributed by atoms with E-state index in [9.17, 15) is 0 Å². The molecule has 0 spiro atoms. The Hall–Kier alpha value is -1.06. The van der Waals surface area contributed by atoms with Gasteiger partial charge in [0.2, 0.25) is 0 Å². The van der Waals surface area contributed by atoms with Crippen LogP contribution in [-0.2, 0) is 0 Å². The molecule has 1 fully saturated rings. The number of nitrogens with one attached hydrogen (secondary N) is 1. The van der Waals surface area contributed by atoms with Crippen molar-refractivity contribution in [2.45, 2.75) is 25.8 Å². The van der Waals surface area contributed by atoms with Crippen LogP contribution in [0.5, 0.6) is 0 Å². The molecule has 0 aromatic heterocycles. The summed E-state index contributed by atoms with van der Waals surface area (Å²) in [6, 6.07) is 9.58. The summed E-state index contributed by atoms with van der Waals surface area (Å²) >= 11 is 0. The Balaban J connectivity index is 1.97. The summed E-state index contributed by atoms with van der Waals surface area (Å²) in [5, 5.41) is 3.48. The van der Waals surface area contributed by atoms with E-state index in [0.29, 0.717) is 12.0 Å². The fourth-order valence-corrected chi connectivity index (χ4v) is 2.60. The predicted octanol–water partition coefficient (Wildman–Crippen LogP) is 2.15. The molecule has 1 aliphatic rings. The minimum atomic E-state index is 0.600. The lowest BCUT2D eigenvalue weighted by atomic mass is 10.0. The smallest absolute Gasteiger partial charge is 0.0393 e. The van der Waals surface area contributed by atoms with Gasteiger partial charge in [-0.15, -0.1) is 0 Å². The maximum atomic E-state index is 3.48. The number of piperazine rings is 1. The van der Waals surface area contributed by atoms with Crippen LogP contribution in [0.15, 0.2) is 24.3 Å². The number of hydrogen-bond acceptors (Lipinski definition) is 3. The average molecular weight is 261 g/mol. The van der Waals surface area contributed by atoms with Crippen molar-refractivity contribution in [3.05, 3.63) is 29.8 Å². The third-order valence-corrected chi connectivity index (χ3v) is 4.13. The number of nitrogens with zero attached hydrogens (tertiary/aromatic N) is 2. The largest absolute Gasteiger partial charge is 0.373 e. The van der Waals surface area contributed by atoms with Crippen LogP contribution in [-0.4, -0.2) is 51.2 Å². The lowest BCUT2D eigenvalue weighted by molar-refractivity contribution is 0.204. The summed E-state index contributed by atoms with van der Waals surface area (Å²) in [4.78, 5) is 4.81. The lowest BCUT2D eigenvalue weighted by Gasteiger charge is -2.36. The standard InChI is InChI=1S/C16H27N3/c1-13(2)14-5-7-15(8-6-14)19(4)12-16-11-17-9-10-18(16)3/h5-8,13,16-17H,9-12H2,1-4H3. The molecule has 106 valence electrons. The molecule has 1 aromatic carbocycles. The fourth-order valence-electron chi connectivity index (χ4n) is 2.60. The Morgan fingerprint density at radius 2 is 2.00 bits per heavy atom. The predicted molar refractivity (Wildman–Crippen MR) is 83.1 cm³/mol. The van der Waals surface area contributed by atoms with Crippen LogP contribution >= 0.6 is 0 Å². The molecule has 0 saturated carbocycles. The molecule has 1 atom stereocenters. The van der Waals surface area contributed by atoms with E-state index in [4.69, 9.17) is 0 Å². The molecule has 0 radical (unpaired) electrons. The minimum absolute atomic E-state index is 0.600. The normalized spacial score (nSPS) is 20.8. The third kappa shape index (κ3) is 3.71. The van der Waals surface area contributed by atoms with Crippen molar-refractivity contribution in [3.63, 3.8) is 0 Å². The van der Waals surface area contributed by atoms with Crippen molar-refractivity contribution in [3.8, 4) is 0 Å². The second-order valence-electron chi connectivity index (χ2n) is 5.97. The van der Waals surface area contributed by atoms with Gasteiger partial charge in [-0.2, -0.15) is 0 Å². The highest BCUT2D eigenvalue weighted by Crippen LogP contribution is 2.19. The lowest BCUT2D eigenvalue weighted by Crippen LogP contribution is -2.53. The van der Waals surface area contributed by atoms with Crippen molar-refractivity contribution in [1.82, 2.24) is 10.2 Å². The molecule has 1 aromatic rings. The number of rotatable bonds is 4. The van der Waals surface area contributed by atoms with Gasteiger partial charge in [-0.25, -0.2) is 0 Å². The summed E-state index contributed by atoms with van der Waals surface area (Å²) in [6.07, 6.45) is 0. The molecule has 3 heteroatoms. The highest BCUT2D eigenvalue weighted by atomic mass is 15.2. The maximum absolute atomic E-state index is 3.48. The number of hydrogen-bond donors (Lipinski definition) is 1. The molecule has 0 bridgehead atoms. The van der Waals surface area contributed by atoms with E-state index in [1.165, 1.54) is 11.3 Å². The van der Waals surface area contributed by atoms with Crippen molar-refractivity contribution in [2.75, 3.05) is 45.2 Å². The average Bonchev–Trinajstić information content (AvgIpc) is 2.41. The van der Waals surface area contributed by atoms with Crippen LogP contribution in [0.1, 0.15) is 25.3 Å². The van der Waals surface area contributed by atoms with E-state index < -0.39 is 0 Å². The van der Waals surface area contributed by atoms with Gasteiger partial charge in [0.1, 0.15) is 0 Å². The molecular weight excluding hydrogens is 234 g/mol. The molecule has 0 amide bonds. The highest BCUT2D eigenvalue weighted by molar-refractivity contribution is 5.47. The number of anilines is 1. The first kappa shape index (κ1) is 14.4. The molecule has 1 saturated heterocycles. The monoisotopic (exact) mass is 261 g/mol. The van der Waals surface area contributed by atoms with Gasteiger partial charge in [-0.05, 0) is 30.7 Å². The Bertz CT molecular complexity index is 385. The summed E-state index contributed by atoms with van der Waals surface area (Å²) in [5.74, 6) is 0.605. The van der Waals surface area contributed by atoms with Gasteiger partial charge in [0.25, 0.3) is 0 Å². The van der Waals surface area contributed by atoms with E-state index >= 15 is 0 Å². The molecule has 1 heterocycles. The Morgan fingerprint density at radius 1 is 1.32 bits per heavy atom. The topological polar surface area (TPSA) is 18.5 Å². The van der Waals surface area contributed by atoms with Crippen LogP contribution in [0.25, 0.3) is 0 Å². The van der Waals surface area contributed by atoms with E-state index in [-0.39, 0.29) is 0 Å². The molecule has 1 N–H and O–H groups in total. The third-order valence-electron chi connectivity index (χ3n) is 4.13. The highest BCUT2D eigenvalue weighted by Gasteiger charge is 2.20. The summed E-state index contributed by atoms with van der Waals surface area (Å²) in [5.41, 5.74) is 2.72. The molecule has 19 heavy (non-hydrogen) atoms. The summed E-state index contributed by atoms with van der Waals surface area (Å²) in [7, 11) is 4.41. The van der Waals surface area contributed by atoms with Gasteiger partial charge in [-0.3, -0.25) is 4.90 Å². The van der Waals surface area contributed by atoms with Crippen molar-refractivity contribution >= 4 is 5.69 Å². The molecular formula is C16H27N3. The second kappa shape index (κ2) is 6.40. The van der Waals surface area contributed by atoms with E-state index in [1.807, 2.05) is 0 Å². The summed E-state index contributed by atoms with van der Waals surface area (Å²) in [6.45, 7) is 8.89. The quantitative estimate of drug-likeness (QED) is 0.896. The van der Waals surface area contributed by atoms with E-state index in [0.717, 1.165) is 26.2 Å². The fraction of sp³-hybridized carbons (Fsp3) is 0.625. The Kier molecular flexibility index (Phi) is 4.83. The van der Waals surface area contributed by atoms with E-state index in [1.54, 1.807) is 0 Å². The number of benzene rings is 1. The zero-order valence-corrected chi connectivity index (χ0v) is 12.7. The zero-order valence-electron chi connectivity index (χ0n) is 12.7. The first-order valence-electron chi connectivity index (χ1n) is 7.30. The Labute approximate surface area is 117 Å². The van der Waals surface area contributed by atoms with Gasteiger partial charge in [0, 0.05) is 45.0 Å². The van der Waals surface area contributed by atoms with Crippen LogP contribution in [0.4, 0.5) is 5.69 Å². The molecule has 1 aliphatic heterocycles. The second-order valence-corrected chi connectivity index (χ2v) is 5.97. The van der Waals surface area contributed by atoms with Crippen LogP contribution < -0.4 is 10.2 Å². The van der Waals surface area contributed by atoms with Gasteiger partial charge in [0.15, 0.2) is 0 Å². The van der Waals surface area contributed by atoms with Crippen molar-refractivity contribution in [1.29, 1.82) is 0 Å². The van der Waals surface area contributed by atoms with E-state index in [2.05, 4.69) is 67.3 Å². The number of likely N-dealkylation sites (N-methyl/N-ethyl adjacent to an activating group) is 2. The van der Waals surface area contributed by atoms with Gasteiger partial charge < -0.3 is 10.2 Å². The van der Waals surface area contributed by atoms with Crippen molar-refractivity contribution < 1.29 is 0 Å². The molecule has 1 unspecified atom stereocenters. The van der Waals surface area contributed by atoms with Crippen LogP contribution in [0, 0.1) is 0 Å². The first-order valence-corrected chi connectivity index (χ1v) is 7.30. The Morgan fingerprint density at radius 3 is 2.58 bits per heavy atom. The SMILES string of the molecule is CC(C)c1ccc(N(C)CC2CNCCN2C)cc1. The maximum Gasteiger partial charge on any atom is 0.0393 e. The molecule has 0 aliphatic carbocycles. The van der Waals surface area contributed by atoms with Gasteiger partial charge in [0.05, 0.1) is 0 Å². The molecule has 3 nitrogen and oxygen atoms in total. The van der Waals surface area contributed by atoms with Gasteiger partial charge in [-0.1, -0.05) is 26.0 Å². The zero-order chi connectivity index (χ0) is 13.8.